The molecule has 1 N–H and O–H groups in total. The lowest BCUT2D eigenvalue weighted by Gasteiger charge is -2.20. The van der Waals surface area contributed by atoms with Crippen LogP contribution in [0.3, 0.4) is 0 Å². The third kappa shape index (κ3) is 3.98. The summed E-state index contributed by atoms with van der Waals surface area (Å²) in [7, 11) is 0. The van der Waals surface area contributed by atoms with Crippen molar-refractivity contribution in [1.29, 1.82) is 0 Å². The Bertz CT molecular complexity index is 818. The molecule has 1 unspecified atom stereocenters. The van der Waals surface area contributed by atoms with Crippen LogP contribution in [0.4, 0.5) is 0 Å². The smallest absolute Gasteiger partial charge is 0.322 e. The quantitative estimate of drug-likeness (QED) is 0.543. The van der Waals surface area contributed by atoms with E-state index in [0.717, 1.165) is 11.1 Å². The number of esters is 1. The zero-order chi connectivity index (χ0) is 18.4. The standard InChI is InChI=1S/C22H17O4/c23-15-20(16-11-13-19(24)14-12-16)22(25)26-21(17-7-3-1-4-8-17)18-9-5-2-6-10-18/h1-14,20-21,24H. The molecular weight excluding hydrogens is 328 g/mol. The van der Waals surface area contributed by atoms with Gasteiger partial charge in [0.2, 0.25) is 6.29 Å². The number of carbonyl (C=O) groups is 1. The first-order valence-electron chi connectivity index (χ1n) is 8.16. The summed E-state index contributed by atoms with van der Waals surface area (Å²) in [6.45, 7) is 0. The highest BCUT2D eigenvalue weighted by Crippen LogP contribution is 2.28. The van der Waals surface area contributed by atoms with Gasteiger partial charge in [0.05, 0.1) is 0 Å². The van der Waals surface area contributed by atoms with Gasteiger partial charge in [0.1, 0.15) is 11.7 Å². The van der Waals surface area contributed by atoms with Gasteiger partial charge in [-0.25, -0.2) is 0 Å². The van der Waals surface area contributed by atoms with Gasteiger partial charge in [0, 0.05) is 0 Å². The molecule has 129 valence electrons. The van der Waals surface area contributed by atoms with Crippen molar-refractivity contribution in [2.24, 2.45) is 0 Å². The molecule has 0 saturated carbocycles. The van der Waals surface area contributed by atoms with Gasteiger partial charge >= 0.3 is 5.97 Å². The van der Waals surface area contributed by atoms with Gasteiger partial charge in [-0.3, -0.25) is 9.59 Å². The molecule has 0 aromatic heterocycles. The molecule has 26 heavy (non-hydrogen) atoms. The normalized spacial score (nSPS) is 11.7. The second-order valence-electron chi connectivity index (χ2n) is 5.78. The van der Waals surface area contributed by atoms with Crippen LogP contribution in [-0.4, -0.2) is 17.4 Å². The number of phenolic OH excluding ortho intramolecular Hbond substituents is 1. The highest BCUT2D eigenvalue weighted by atomic mass is 16.5. The zero-order valence-corrected chi connectivity index (χ0v) is 13.9. The van der Waals surface area contributed by atoms with Crippen molar-refractivity contribution in [3.63, 3.8) is 0 Å². The summed E-state index contributed by atoms with van der Waals surface area (Å²) < 4.78 is 5.70. The maximum Gasteiger partial charge on any atom is 0.322 e. The van der Waals surface area contributed by atoms with Crippen molar-refractivity contribution < 1.29 is 19.4 Å². The third-order valence-corrected chi connectivity index (χ3v) is 4.02. The molecule has 0 heterocycles. The Balaban J connectivity index is 1.89. The molecule has 0 aliphatic carbocycles. The van der Waals surface area contributed by atoms with Crippen molar-refractivity contribution in [2.75, 3.05) is 0 Å². The second kappa shape index (κ2) is 8.12. The molecule has 0 aliphatic heterocycles. The summed E-state index contributed by atoms with van der Waals surface area (Å²) in [5, 5.41) is 9.38. The van der Waals surface area contributed by atoms with E-state index in [4.69, 9.17) is 4.74 Å². The van der Waals surface area contributed by atoms with Crippen LogP contribution in [0.15, 0.2) is 84.9 Å². The number of carbonyl (C=O) groups excluding carboxylic acids is 2. The third-order valence-electron chi connectivity index (χ3n) is 4.02. The minimum Gasteiger partial charge on any atom is -0.508 e. The lowest BCUT2D eigenvalue weighted by molar-refractivity contribution is -0.147. The number of rotatable bonds is 6. The Morgan fingerprint density at radius 2 is 1.27 bits per heavy atom. The van der Waals surface area contributed by atoms with E-state index in [0.29, 0.717) is 5.56 Å². The van der Waals surface area contributed by atoms with Crippen LogP contribution in [0, 0.1) is 0 Å². The second-order valence-corrected chi connectivity index (χ2v) is 5.78. The molecule has 0 spiro atoms. The molecule has 0 bridgehead atoms. The van der Waals surface area contributed by atoms with Crippen molar-refractivity contribution in [3.8, 4) is 5.75 Å². The zero-order valence-electron chi connectivity index (χ0n) is 13.9. The van der Waals surface area contributed by atoms with Crippen LogP contribution in [-0.2, 0) is 14.3 Å². The molecular formula is C22H17O4. The number of ether oxygens (including phenoxy) is 1. The van der Waals surface area contributed by atoms with E-state index in [-0.39, 0.29) is 5.75 Å². The van der Waals surface area contributed by atoms with E-state index in [1.807, 2.05) is 60.7 Å². The molecule has 3 aromatic rings. The Labute approximate surface area is 151 Å². The average Bonchev–Trinajstić information content (AvgIpc) is 2.69. The van der Waals surface area contributed by atoms with Crippen molar-refractivity contribution >= 4 is 12.3 Å². The van der Waals surface area contributed by atoms with Crippen LogP contribution in [0.5, 0.6) is 5.75 Å². The van der Waals surface area contributed by atoms with Crippen LogP contribution in [0.1, 0.15) is 28.7 Å². The van der Waals surface area contributed by atoms with Crippen molar-refractivity contribution in [3.05, 3.63) is 102 Å². The first kappa shape index (κ1) is 17.4. The van der Waals surface area contributed by atoms with Gasteiger partial charge in [0.15, 0.2) is 6.10 Å². The van der Waals surface area contributed by atoms with Crippen LogP contribution in [0.2, 0.25) is 0 Å². The molecule has 1 radical (unpaired) electrons. The van der Waals surface area contributed by atoms with E-state index < -0.39 is 18.0 Å². The Hall–Kier alpha value is -3.40. The van der Waals surface area contributed by atoms with Gasteiger partial charge in [-0.2, -0.15) is 0 Å². The fourth-order valence-corrected chi connectivity index (χ4v) is 2.69. The molecule has 4 nitrogen and oxygen atoms in total. The van der Waals surface area contributed by atoms with E-state index in [9.17, 15) is 14.7 Å². The molecule has 3 aromatic carbocycles. The van der Waals surface area contributed by atoms with Crippen LogP contribution in [0.25, 0.3) is 0 Å². The number of hydrogen-bond acceptors (Lipinski definition) is 4. The number of hydrogen-bond donors (Lipinski definition) is 1. The van der Waals surface area contributed by atoms with Crippen LogP contribution < -0.4 is 0 Å². The maximum absolute atomic E-state index is 12.7. The summed E-state index contributed by atoms with van der Waals surface area (Å²) in [6.07, 6.45) is 1.11. The summed E-state index contributed by atoms with van der Waals surface area (Å²) in [4.78, 5) is 24.1. The maximum atomic E-state index is 12.7. The number of benzene rings is 3. The fraction of sp³-hybridized carbons (Fsp3) is 0.0909. The summed E-state index contributed by atoms with van der Waals surface area (Å²) >= 11 is 0. The van der Waals surface area contributed by atoms with E-state index in [1.165, 1.54) is 24.3 Å². The first-order valence-corrected chi connectivity index (χ1v) is 8.16. The monoisotopic (exact) mass is 345 g/mol. The SMILES string of the molecule is O=[C]C(C(=O)OC(c1ccccc1)c1ccccc1)c1ccc(O)cc1. The molecule has 1 atom stereocenters. The van der Waals surface area contributed by atoms with Gasteiger partial charge in [-0.1, -0.05) is 72.8 Å². The Morgan fingerprint density at radius 1 is 0.769 bits per heavy atom. The molecule has 3 rings (SSSR count). The van der Waals surface area contributed by atoms with Gasteiger partial charge < -0.3 is 9.84 Å². The predicted octanol–water partition coefficient (Wildman–Crippen LogP) is 3.92. The van der Waals surface area contributed by atoms with Crippen molar-refractivity contribution in [2.45, 2.75) is 12.0 Å². The summed E-state index contributed by atoms with van der Waals surface area (Å²) in [5.41, 5.74) is 2.03. The summed E-state index contributed by atoms with van der Waals surface area (Å²) in [6, 6.07) is 24.5. The first-order chi connectivity index (χ1) is 12.7. The van der Waals surface area contributed by atoms with E-state index in [2.05, 4.69) is 0 Å². The fourth-order valence-electron chi connectivity index (χ4n) is 2.69. The molecule has 4 heteroatoms. The lowest BCUT2D eigenvalue weighted by atomic mass is 9.99. The Kier molecular flexibility index (Phi) is 5.44. The van der Waals surface area contributed by atoms with Gasteiger partial charge in [-0.05, 0) is 28.8 Å². The minimum atomic E-state index is -1.18. The highest BCUT2D eigenvalue weighted by Gasteiger charge is 2.27. The van der Waals surface area contributed by atoms with Gasteiger partial charge in [0.25, 0.3) is 0 Å². The predicted molar refractivity (Wildman–Crippen MR) is 97.4 cm³/mol. The Morgan fingerprint density at radius 3 is 1.73 bits per heavy atom. The topological polar surface area (TPSA) is 63.6 Å². The number of phenols is 1. The molecule has 0 saturated heterocycles. The van der Waals surface area contributed by atoms with Crippen molar-refractivity contribution in [1.82, 2.24) is 0 Å². The van der Waals surface area contributed by atoms with E-state index in [1.54, 1.807) is 6.29 Å². The van der Waals surface area contributed by atoms with Gasteiger partial charge in [-0.15, -0.1) is 0 Å². The minimum absolute atomic E-state index is 0.0539. The average molecular weight is 345 g/mol. The largest absolute Gasteiger partial charge is 0.508 e. The molecule has 0 fully saturated rings. The molecule has 0 aliphatic rings. The number of aromatic hydroxyl groups is 1. The highest BCUT2D eigenvalue weighted by molar-refractivity contribution is 5.94. The molecule has 0 amide bonds. The van der Waals surface area contributed by atoms with Crippen LogP contribution >= 0.6 is 0 Å². The summed E-state index contributed by atoms with van der Waals surface area (Å²) in [5.74, 6) is -1.81. The lowest BCUT2D eigenvalue weighted by Crippen LogP contribution is -2.20. The van der Waals surface area contributed by atoms with E-state index >= 15 is 0 Å².